The molecule has 6 nitrogen and oxygen atoms in total. The Bertz CT molecular complexity index is 326. The SMILES string of the molecule is O=C(O)CS(=O)(=O)NCC1CCC(O)C1. The van der Waals surface area contributed by atoms with Crippen LogP contribution in [-0.4, -0.2) is 43.0 Å². The zero-order valence-corrected chi connectivity index (χ0v) is 9.03. The minimum absolute atomic E-state index is 0.114. The number of carboxylic acids is 1. The summed E-state index contributed by atoms with van der Waals surface area (Å²) in [7, 11) is -3.72. The second kappa shape index (κ2) is 4.91. The van der Waals surface area contributed by atoms with Crippen LogP contribution in [0, 0.1) is 5.92 Å². The lowest BCUT2D eigenvalue weighted by molar-refractivity contribution is -0.134. The van der Waals surface area contributed by atoms with E-state index in [1.165, 1.54) is 0 Å². The summed E-state index contributed by atoms with van der Waals surface area (Å²) in [6.07, 6.45) is 1.69. The zero-order valence-electron chi connectivity index (χ0n) is 8.22. The van der Waals surface area contributed by atoms with Crippen molar-refractivity contribution in [3.05, 3.63) is 0 Å². The average Bonchev–Trinajstić information content (AvgIpc) is 2.46. The Hall–Kier alpha value is -0.660. The highest BCUT2D eigenvalue weighted by molar-refractivity contribution is 7.90. The molecule has 1 aliphatic rings. The molecule has 0 aromatic carbocycles. The molecular formula is C8H15NO5S. The summed E-state index contributed by atoms with van der Waals surface area (Å²) in [6, 6.07) is 0. The van der Waals surface area contributed by atoms with Gasteiger partial charge in [0, 0.05) is 6.54 Å². The standard InChI is InChI=1S/C8H15NO5S/c10-7-2-1-6(3-7)4-9-15(13,14)5-8(11)12/h6-7,9-10H,1-5H2,(H,11,12). The van der Waals surface area contributed by atoms with E-state index < -0.39 is 21.7 Å². The molecule has 0 radical (unpaired) electrons. The minimum Gasteiger partial charge on any atom is -0.480 e. The first-order valence-electron chi connectivity index (χ1n) is 4.76. The number of carbonyl (C=O) groups is 1. The Kier molecular flexibility index (Phi) is 4.06. The molecule has 0 amide bonds. The summed E-state index contributed by atoms with van der Waals surface area (Å²) in [6.45, 7) is 0.215. The van der Waals surface area contributed by atoms with Crippen LogP contribution in [0.25, 0.3) is 0 Å². The average molecular weight is 237 g/mol. The van der Waals surface area contributed by atoms with Crippen molar-refractivity contribution in [1.29, 1.82) is 0 Å². The van der Waals surface area contributed by atoms with E-state index in [1.807, 2.05) is 0 Å². The summed E-state index contributed by atoms with van der Waals surface area (Å²) in [5, 5.41) is 17.5. The van der Waals surface area contributed by atoms with E-state index in [9.17, 15) is 18.3 Å². The molecule has 1 aliphatic carbocycles. The van der Waals surface area contributed by atoms with Crippen LogP contribution in [0.5, 0.6) is 0 Å². The highest BCUT2D eigenvalue weighted by Crippen LogP contribution is 2.24. The predicted molar refractivity (Wildman–Crippen MR) is 52.8 cm³/mol. The molecule has 0 aliphatic heterocycles. The molecule has 1 rings (SSSR count). The van der Waals surface area contributed by atoms with Crippen LogP contribution in [0.3, 0.4) is 0 Å². The van der Waals surface area contributed by atoms with Gasteiger partial charge >= 0.3 is 5.97 Å². The van der Waals surface area contributed by atoms with Gasteiger partial charge in [-0.1, -0.05) is 0 Å². The fraction of sp³-hybridized carbons (Fsp3) is 0.875. The number of sulfonamides is 1. The summed E-state index contributed by atoms with van der Waals surface area (Å²) < 4.78 is 24.5. The van der Waals surface area contributed by atoms with Crippen LogP contribution in [0.2, 0.25) is 0 Å². The van der Waals surface area contributed by atoms with Gasteiger partial charge in [-0.15, -0.1) is 0 Å². The van der Waals surface area contributed by atoms with Crippen molar-refractivity contribution in [3.8, 4) is 0 Å². The van der Waals surface area contributed by atoms with Crippen molar-refractivity contribution in [2.45, 2.75) is 25.4 Å². The van der Waals surface area contributed by atoms with E-state index in [0.29, 0.717) is 12.8 Å². The summed E-state index contributed by atoms with van der Waals surface area (Å²) in [4.78, 5) is 10.2. The second-order valence-electron chi connectivity index (χ2n) is 3.83. The fourth-order valence-electron chi connectivity index (χ4n) is 1.69. The van der Waals surface area contributed by atoms with Crippen molar-refractivity contribution < 1.29 is 23.4 Å². The third-order valence-electron chi connectivity index (χ3n) is 2.42. The molecule has 0 aromatic heterocycles. The Morgan fingerprint density at radius 2 is 2.07 bits per heavy atom. The molecule has 88 valence electrons. The topological polar surface area (TPSA) is 104 Å². The fourth-order valence-corrected chi connectivity index (χ4v) is 2.61. The first kappa shape index (κ1) is 12.4. The third-order valence-corrected chi connectivity index (χ3v) is 3.65. The molecule has 3 N–H and O–H groups in total. The zero-order chi connectivity index (χ0) is 11.5. The summed E-state index contributed by atoms with van der Waals surface area (Å²) in [5.41, 5.74) is 0. The number of aliphatic hydroxyl groups is 1. The van der Waals surface area contributed by atoms with Crippen LogP contribution in [0.1, 0.15) is 19.3 Å². The lowest BCUT2D eigenvalue weighted by atomic mass is 10.1. The molecule has 1 fully saturated rings. The highest BCUT2D eigenvalue weighted by Gasteiger charge is 2.24. The third kappa shape index (κ3) is 4.59. The van der Waals surface area contributed by atoms with Crippen molar-refractivity contribution in [3.63, 3.8) is 0 Å². The summed E-state index contributed by atoms with van der Waals surface area (Å²) >= 11 is 0. The van der Waals surface area contributed by atoms with Gasteiger partial charge in [0.1, 0.15) is 0 Å². The molecule has 7 heteroatoms. The Labute approximate surface area is 88.3 Å². The van der Waals surface area contributed by atoms with Gasteiger partial charge < -0.3 is 10.2 Å². The van der Waals surface area contributed by atoms with Gasteiger partial charge in [0.2, 0.25) is 10.0 Å². The van der Waals surface area contributed by atoms with Crippen molar-refractivity contribution >= 4 is 16.0 Å². The first-order chi connectivity index (χ1) is 6.89. The Balaban J connectivity index is 2.33. The quantitative estimate of drug-likeness (QED) is 0.578. The van der Waals surface area contributed by atoms with E-state index in [2.05, 4.69) is 4.72 Å². The smallest absolute Gasteiger partial charge is 0.320 e. The monoisotopic (exact) mass is 237 g/mol. The largest absolute Gasteiger partial charge is 0.480 e. The van der Waals surface area contributed by atoms with E-state index in [0.717, 1.165) is 6.42 Å². The molecule has 15 heavy (non-hydrogen) atoms. The second-order valence-corrected chi connectivity index (χ2v) is 5.64. The number of aliphatic carboxylic acids is 1. The van der Waals surface area contributed by atoms with E-state index in [1.54, 1.807) is 0 Å². The molecule has 2 unspecified atom stereocenters. The molecule has 1 saturated carbocycles. The molecule has 0 heterocycles. The van der Waals surface area contributed by atoms with E-state index in [4.69, 9.17) is 5.11 Å². The van der Waals surface area contributed by atoms with Gasteiger partial charge in [-0.25, -0.2) is 13.1 Å². The number of nitrogens with one attached hydrogen (secondary N) is 1. The summed E-state index contributed by atoms with van der Waals surface area (Å²) in [5.74, 6) is -2.15. The normalized spacial score (nSPS) is 26.7. The van der Waals surface area contributed by atoms with Crippen LogP contribution >= 0.6 is 0 Å². The number of rotatable bonds is 5. The van der Waals surface area contributed by atoms with Crippen LogP contribution in [0.15, 0.2) is 0 Å². The molecule has 0 aromatic rings. The molecule has 0 bridgehead atoms. The Morgan fingerprint density at radius 1 is 1.40 bits per heavy atom. The van der Waals surface area contributed by atoms with Gasteiger partial charge in [-0.05, 0) is 25.2 Å². The molecule has 0 saturated heterocycles. The maximum atomic E-state index is 11.1. The van der Waals surface area contributed by atoms with Gasteiger partial charge in [0.25, 0.3) is 0 Å². The molecule has 2 atom stereocenters. The lowest BCUT2D eigenvalue weighted by Gasteiger charge is -2.10. The van der Waals surface area contributed by atoms with Crippen molar-refractivity contribution in [2.75, 3.05) is 12.3 Å². The molecule has 0 spiro atoms. The number of hydrogen-bond acceptors (Lipinski definition) is 4. The van der Waals surface area contributed by atoms with Crippen molar-refractivity contribution in [2.24, 2.45) is 5.92 Å². The highest BCUT2D eigenvalue weighted by atomic mass is 32.2. The first-order valence-corrected chi connectivity index (χ1v) is 6.41. The van der Waals surface area contributed by atoms with E-state index in [-0.39, 0.29) is 18.6 Å². The van der Waals surface area contributed by atoms with Gasteiger partial charge in [-0.2, -0.15) is 0 Å². The maximum Gasteiger partial charge on any atom is 0.320 e. The number of hydrogen-bond donors (Lipinski definition) is 3. The number of carboxylic acid groups (broad SMARTS) is 1. The van der Waals surface area contributed by atoms with E-state index >= 15 is 0 Å². The van der Waals surface area contributed by atoms with Crippen LogP contribution in [0.4, 0.5) is 0 Å². The van der Waals surface area contributed by atoms with Gasteiger partial charge in [0.05, 0.1) is 6.10 Å². The van der Waals surface area contributed by atoms with Crippen LogP contribution < -0.4 is 4.72 Å². The Morgan fingerprint density at radius 3 is 2.53 bits per heavy atom. The maximum absolute atomic E-state index is 11.1. The van der Waals surface area contributed by atoms with Crippen molar-refractivity contribution in [1.82, 2.24) is 4.72 Å². The molecular weight excluding hydrogens is 222 g/mol. The number of aliphatic hydroxyl groups excluding tert-OH is 1. The van der Waals surface area contributed by atoms with Gasteiger partial charge in [0.15, 0.2) is 5.75 Å². The lowest BCUT2D eigenvalue weighted by Crippen LogP contribution is -2.33. The predicted octanol–water partition coefficient (Wildman–Crippen LogP) is -0.849. The minimum atomic E-state index is -3.72. The van der Waals surface area contributed by atoms with Crippen LogP contribution in [-0.2, 0) is 14.8 Å². The van der Waals surface area contributed by atoms with Gasteiger partial charge in [-0.3, -0.25) is 4.79 Å².